The number of hydrogen-bond donors (Lipinski definition) is 1. The minimum absolute atomic E-state index is 0.0509. The highest BCUT2D eigenvalue weighted by Crippen LogP contribution is 2.02. The molecule has 10 heavy (non-hydrogen) atoms. The van der Waals surface area contributed by atoms with Crippen LogP contribution in [-0.2, 0) is 14.2 Å². The SMILES string of the molecule is O=C(O)OCC1COCO1. The molecule has 1 fully saturated rings. The lowest BCUT2D eigenvalue weighted by atomic mass is 10.4. The van der Waals surface area contributed by atoms with Gasteiger partial charge in [-0.1, -0.05) is 0 Å². The van der Waals surface area contributed by atoms with Crippen LogP contribution in [-0.4, -0.2) is 37.4 Å². The first-order valence-electron chi connectivity index (χ1n) is 2.84. The first kappa shape index (κ1) is 7.30. The van der Waals surface area contributed by atoms with Crippen LogP contribution in [0, 0.1) is 0 Å². The Hall–Kier alpha value is -0.810. The Morgan fingerprint density at radius 1 is 1.80 bits per heavy atom. The molecule has 0 saturated carbocycles. The van der Waals surface area contributed by atoms with E-state index < -0.39 is 6.16 Å². The molecule has 1 unspecified atom stereocenters. The summed E-state index contributed by atoms with van der Waals surface area (Å²) >= 11 is 0. The summed E-state index contributed by atoms with van der Waals surface area (Å²) in [6, 6.07) is 0. The van der Waals surface area contributed by atoms with Crippen LogP contribution in [0.4, 0.5) is 4.79 Å². The normalized spacial score (nSPS) is 24.6. The summed E-state index contributed by atoms with van der Waals surface area (Å²) in [5.41, 5.74) is 0. The molecule has 58 valence electrons. The Morgan fingerprint density at radius 3 is 3.10 bits per heavy atom. The molecule has 0 radical (unpaired) electrons. The van der Waals surface area contributed by atoms with Gasteiger partial charge < -0.3 is 19.3 Å². The minimum Gasteiger partial charge on any atom is -0.450 e. The second-order valence-electron chi connectivity index (χ2n) is 1.85. The van der Waals surface area contributed by atoms with E-state index in [1.165, 1.54) is 0 Å². The zero-order valence-electron chi connectivity index (χ0n) is 5.28. The monoisotopic (exact) mass is 148 g/mol. The Kier molecular flexibility index (Phi) is 2.47. The van der Waals surface area contributed by atoms with E-state index in [9.17, 15) is 4.79 Å². The smallest absolute Gasteiger partial charge is 0.450 e. The maximum atomic E-state index is 9.84. The van der Waals surface area contributed by atoms with Gasteiger partial charge in [0.1, 0.15) is 19.5 Å². The van der Waals surface area contributed by atoms with Crippen molar-refractivity contribution in [1.29, 1.82) is 0 Å². The van der Waals surface area contributed by atoms with E-state index in [2.05, 4.69) is 4.74 Å². The molecule has 1 atom stereocenters. The standard InChI is InChI=1S/C5H8O5/c6-5(7)9-2-4-1-8-3-10-4/h4H,1-3H2,(H,6,7). The molecule has 0 aromatic rings. The van der Waals surface area contributed by atoms with Gasteiger partial charge in [-0.2, -0.15) is 0 Å². The predicted molar refractivity (Wildman–Crippen MR) is 29.7 cm³/mol. The van der Waals surface area contributed by atoms with Crippen molar-refractivity contribution in [3.63, 3.8) is 0 Å². The van der Waals surface area contributed by atoms with Crippen LogP contribution >= 0.6 is 0 Å². The second-order valence-corrected chi connectivity index (χ2v) is 1.85. The molecule has 0 aliphatic carbocycles. The van der Waals surface area contributed by atoms with Crippen LogP contribution in [0.2, 0.25) is 0 Å². The van der Waals surface area contributed by atoms with Crippen molar-refractivity contribution in [1.82, 2.24) is 0 Å². The van der Waals surface area contributed by atoms with Gasteiger partial charge in [0.2, 0.25) is 0 Å². The van der Waals surface area contributed by atoms with Crippen molar-refractivity contribution in [3.8, 4) is 0 Å². The third-order valence-corrected chi connectivity index (χ3v) is 1.08. The van der Waals surface area contributed by atoms with Crippen LogP contribution in [0.1, 0.15) is 0 Å². The van der Waals surface area contributed by atoms with E-state index in [0.29, 0.717) is 6.61 Å². The zero-order chi connectivity index (χ0) is 7.40. The van der Waals surface area contributed by atoms with Crippen molar-refractivity contribution in [2.45, 2.75) is 6.10 Å². The van der Waals surface area contributed by atoms with Crippen LogP contribution in [0.15, 0.2) is 0 Å². The van der Waals surface area contributed by atoms with Gasteiger partial charge in [0, 0.05) is 0 Å². The Balaban J connectivity index is 2.07. The van der Waals surface area contributed by atoms with Gasteiger partial charge in [-0.05, 0) is 0 Å². The summed E-state index contributed by atoms with van der Waals surface area (Å²) in [5, 5.41) is 8.06. The third kappa shape index (κ3) is 2.20. The molecule has 0 bridgehead atoms. The fourth-order valence-electron chi connectivity index (χ4n) is 0.632. The molecule has 0 amide bonds. The second kappa shape index (κ2) is 3.38. The first-order chi connectivity index (χ1) is 4.79. The summed E-state index contributed by atoms with van der Waals surface area (Å²) in [7, 11) is 0. The van der Waals surface area contributed by atoms with Crippen molar-refractivity contribution in [2.24, 2.45) is 0 Å². The Bertz CT molecular complexity index is 117. The van der Waals surface area contributed by atoms with Crippen molar-refractivity contribution in [3.05, 3.63) is 0 Å². The number of carboxylic acid groups (broad SMARTS) is 1. The molecule has 1 heterocycles. The van der Waals surface area contributed by atoms with Crippen LogP contribution < -0.4 is 0 Å². The van der Waals surface area contributed by atoms with Crippen molar-refractivity contribution in [2.75, 3.05) is 20.0 Å². The molecule has 1 rings (SSSR count). The minimum atomic E-state index is -1.28. The van der Waals surface area contributed by atoms with Crippen molar-refractivity contribution < 1.29 is 24.1 Å². The van der Waals surface area contributed by atoms with E-state index >= 15 is 0 Å². The van der Waals surface area contributed by atoms with Gasteiger partial charge >= 0.3 is 6.16 Å². The number of carbonyl (C=O) groups is 1. The van der Waals surface area contributed by atoms with E-state index in [1.54, 1.807) is 0 Å². The third-order valence-electron chi connectivity index (χ3n) is 1.08. The van der Waals surface area contributed by atoms with E-state index in [0.717, 1.165) is 0 Å². The summed E-state index contributed by atoms with van der Waals surface area (Å²) in [6.45, 7) is 0.691. The van der Waals surface area contributed by atoms with Gasteiger partial charge in [0.05, 0.1) is 6.61 Å². The molecule has 0 spiro atoms. The number of rotatable bonds is 2. The fourth-order valence-corrected chi connectivity index (χ4v) is 0.632. The average molecular weight is 148 g/mol. The summed E-state index contributed by atoms with van der Waals surface area (Å²) in [6.07, 6.45) is -1.51. The summed E-state index contributed by atoms with van der Waals surface area (Å²) in [4.78, 5) is 9.84. The lowest BCUT2D eigenvalue weighted by molar-refractivity contribution is 0.0111. The highest BCUT2D eigenvalue weighted by molar-refractivity contribution is 5.56. The molecule has 5 heteroatoms. The quantitative estimate of drug-likeness (QED) is 0.560. The molecule has 1 aliphatic rings. The predicted octanol–water partition coefficient (Wildman–Crippen LogP) is 0.0539. The van der Waals surface area contributed by atoms with E-state index in [1.807, 2.05) is 0 Å². The highest BCUT2D eigenvalue weighted by atomic mass is 16.7. The van der Waals surface area contributed by atoms with Gasteiger partial charge in [0.15, 0.2) is 0 Å². The first-order valence-corrected chi connectivity index (χ1v) is 2.84. The van der Waals surface area contributed by atoms with Gasteiger partial charge in [-0.15, -0.1) is 0 Å². The van der Waals surface area contributed by atoms with Gasteiger partial charge in [-0.25, -0.2) is 4.79 Å². The molecule has 1 saturated heterocycles. The summed E-state index contributed by atoms with van der Waals surface area (Å²) < 4.78 is 13.9. The molecule has 0 aromatic heterocycles. The molecular weight excluding hydrogens is 140 g/mol. The van der Waals surface area contributed by atoms with Crippen molar-refractivity contribution >= 4 is 6.16 Å². The number of hydrogen-bond acceptors (Lipinski definition) is 4. The van der Waals surface area contributed by atoms with Gasteiger partial charge in [0.25, 0.3) is 0 Å². The number of ether oxygens (including phenoxy) is 3. The molecule has 1 aliphatic heterocycles. The molecule has 0 aromatic carbocycles. The Labute approximate surface area is 57.5 Å². The fraction of sp³-hybridized carbons (Fsp3) is 0.800. The lowest BCUT2D eigenvalue weighted by Gasteiger charge is -2.04. The largest absolute Gasteiger partial charge is 0.505 e. The summed E-state index contributed by atoms with van der Waals surface area (Å²) in [5.74, 6) is 0. The molecule has 5 nitrogen and oxygen atoms in total. The maximum Gasteiger partial charge on any atom is 0.505 e. The zero-order valence-corrected chi connectivity index (χ0v) is 5.28. The lowest BCUT2D eigenvalue weighted by Crippen LogP contribution is -2.19. The van der Waals surface area contributed by atoms with E-state index in [4.69, 9.17) is 14.6 Å². The molecular formula is C5H8O5. The van der Waals surface area contributed by atoms with E-state index in [-0.39, 0.29) is 19.5 Å². The van der Waals surface area contributed by atoms with Gasteiger partial charge in [-0.3, -0.25) is 0 Å². The topological polar surface area (TPSA) is 65.0 Å². The average Bonchev–Trinajstić information content (AvgIpc) is 2.34. The maximum absolute atomic E-state index is 9.84. The van der Waals surface area contributed by atoms with Crippen LogP contribution in [0.3, 0.4) is 0 Å². The van der Waals surface area contributed by atoms with Crippen LogP contribution in [0.5, 0.6) is 0 Å². The highest BCUT2D eigenvalue weighted by Gasteiger charge is 2.17. The molecule has 1 N–H and O–H groups in total. The Morgan fingerprint density at radius 2 is 2.60 bits per heavy atom. The van der Waals surface area contributed by atoms with Crippen LogP contribution in [0.25, 0.3) is 0 Å².